The Hall–Kier alpha value is -2.44. The Morgan fingerprint density at radius 3 is 2.50 bits per heavy atom. The fourth-order valence-corrected chi connectivity index (χ4v) is 2.16. The monoisotopic (exact) mass is 333 g/mol. The van der Waals surface area contributed by atoms with Crippen LogP contribution in [-0.4, -0.2) is 16.9 Å². The summed E-state index contributed by atoms with van der Waals surface area (Å²) in [6.45, 7) is 0. The number of rotatable bonds is 3. The number of primary amides is 1. The third-order valence-corrected chi connectivity index (χ3v) is 3.28. The van der Waals surface area contributed by atoms with Crippen molar-refractivity contribution in [2.75, 3.05) is 5.32 Å². The summed E-state index contributed by atoms with van der Waals surface area (Å²) in [7, 11) is 0. The first-order valence-electron chi connectivity index (χ1n) is 6.24. The van der Waals surface area contributed by atoms with E-state index in [1.165, 1.54) is 6.07 Å². The first kappa shape index (κ1) is 15.9. The summed E-state index contributed by atoms with van der Waals surface area (Å²) in [6, 6.07) is 13.1. The van der Waals surface area contributed by atoms with Gasteiger partial charge < -0.3 is 11.1 Å². The lowest BCUT2D eigenvalue weighted by molar-refractivity contribution is 0.0975. The summed E-state index contributed by atoms with van der Waals surface area (Å²) in [5, 5.41) is 5.74. The summed E-state index contributed by atoms with van der Waals surface area (Å²) in [5.41, 5.74) is 6.40. The van der Waals surface area contributed by atoms with Gasteiger partial charge in [0.1, 0.15) is 0 Å². The number of anilines is 1. The minimum Gasteiger partial charge on any atom is -0.366 e. The van der Waals surface area contributed by atoms with Gasteiger partial charge in [0.25, 0.3) is 5.91 Å². The van der Waals surface area contributed by atoms with Crippen molar-refractivity contribution in [3.8, 4) is 0 Å². The van der Waals surface area contributed by atoms with Crippen LogP contribution in [0.25, 0.3) is 0 Å². The highest BCUT2D eigenvalue weighted by Gasteiger charge is 2.11. The Kier molecular flexibility index (Phi) is 5.08. The Morgan fingerprint density at radius 2 is 1.82 bits per heavy atom. The van der Waals surface area contributed by atoms with Gasteiger partial charge in [-0.05, 0) is 42.5 Å². The number of thiocarbonyl (C=S) groups is 1. The van der Waals surface area contributed by atoms with Crippen molar-refractivity contribution in [3.63, 3.8) is 0 Å². The zero-order chi connectivity index (χ0) is 16.1. The lowest BCUT2D eigenvalue weighted by Crippen LogP contribution is -2.34. The molecule has 2 amide bonds. The van der Waals surface area contributed by atoms with Crippen molar-refractivity contribution < 1.29 is 9.59 Å². The van der Waals surface area contributed by atoms with Crippen molar-refractivity contribution in [3.05, 3.63) is 64.7 Å². The number of amides is 2. The normalized spacial score (nSPS) is 9.86. The maximum atomic E-state index is 12.0. The highest BCUT2D eigenvalue weighted by Crippen LogP contribution is 2.15. The largest absolute Gasteiger partial charge is 0.366 e. The van der Waals surface area contributed by atoms with E-state index >= 15 is 0 Å². The summed E-state index contributed by atoms with van der Waals surface area (Å²) >= 11 is 11.0. The predicted octanol–water partition coefficient (Wildman–Crippen LogP) is 2.57. The second kappa shape index (κ2) is 7.02. The Morgan fingerprint density at radius 1 is 1.09 bits per heavy atom. The molecule has 0 fully saturated rings. The average Bonchev–Trinajstić information content (AvgIpc) is 2.47. The third-order valence-electron chi connectivity index (χ3n) is 2.75. The molecule has 0 aliphatic rings. The molecule has 2 rings (SSSR count). The van der Waals surface area contributed by atoms with E-state index in [4.69, 9.17) is 29.6 Å². The minimum absolute atomic E-state index is 0.0894. The van der Waals surface area contributed by atoms with Gasteiger partial charge >= 0.3 is 0 Å². The zero-order valence-electron chi connectivity index (χ0n) is 11.3. The van der Waals surface area contributed by atoms with E-state index < -0.39 is 11.8 Å². The molecule has 0 aliphatic carbocycles. The molecule has 4 N–H and O–H groups in total. The molecule has 0 aliphatic heterocycles. The number of hydrogen-bond donors (Lipinski definition) is 3. The second-order valence-corrected chi connectivity index (χ2v) is 5.15. The molecular weight excluding hydrogens is 322 g/mol. The number of hydrogen-bond acceptors (Lipinski definition) is 3. The standard InChI is InChI=1S/C15H12ClN3O2S/c16-12-7-2-1-6-11(12)14(21)19-15(22)18-10-5-3-4-9(8-10)13(17)20/h1-8H,(H2,17,20)(H2,18,19,21,22). The molecule has 0 atom stereocenters. The Balaban J connectivity index is 2.04. The molecule has 5 nitrogen and oxygen atoms in total. The molecule has 2 aromatic rings. The van der Waals surface area contributed by atoms with Gasteiger partial charge in [-0.25, -0.2) is 0 Å². The lowest BCUT2D eigenvalue weighted by Gasteiger charge is -2.10. The molecule has 22 heavy (non-hydrogen) atoms. The topological polar surface area (TPSA) is 84.2 Å². The third kappa shape index (κ3) is 4.03. The van der Waals surface area contributed by atoms with Gasteiger partial charge in [-0.15, -0.1) is 0 Å². The van der Waals surface area contributed by atoms with Gasteiger partial charge in [0.2, 0.25) is 5.91 Å². The minimum atomic E-state index is -0.547. The van der Waals surface area contributed by atoms with Crippen molar-refractivity contribution in [2.24, 2.45) is 5.73 Å². The Labute approximate surface area is 137 Å². The first-order chi connectivity index (χ1) is 10.5. The van der Waals surface area contributed by atoms with Gasteiger partial charge in [0, 0.05) is 11.3 Å². The van der Waals surface area contributed by atoms with E-state index in [0.29, 0.717) is 21.8 Å². The number of nitrogens with one attached hydrogen (secondary N) is 2. The van der Waals surface area contributed by atoms with Gasteiger partial charge in [-0.2, -0.15) is 0 Å². The molecule has 0 aromatic heterocycles. The van der Waals surface area contributed by atoms with E-state index in [2.05, 4.69) is 10.6 Å². The van der Waals surface area contributed by atoms with E-state index in [-0.39, 0.29) is 5.11 Å². The van der Waals surface area contributed by atoms with E-state index in [1.54, 1.807) is 42.5 Å². The van der Waals surface area contributed by atoms with Crippen LogP contribution in [0.3, 0.4) is 0 Å². The maximum Gasteiger partial charge on any atom is 0.258 e. The molecule has 0 heterocycles. The highest BCUT2D eigenvalue weighted by atomic mass is 35.5. The van der Waals surface area contributed by atoms with Crippen LogP contribution in [0.4, 0.5) is 5.69 Å². The van der Waals surface area contributed by atoms with Crippen molar-refractivity contribution in [1.29, 1.82) is 0 Å². The molecule has 0 bridgehead atoms. The van der Waals surface area contributed by atoms with Crippen molar-refractivity contribution >= 4 is 46.4 Å². The molecule has 2 aromatic carbocycles. The zero-order valence-corrected chi connectivity index (χ0v) is 12.9. The second-order valence-electron chi connectivity index (χ2n) is 4.33. The summed E-state index contributed by atoms with van der Waals surface area (Å²) in [5.74, 6) is -0.969. The van der Waals surface area contributed by atoms with Crippen molar-refractivity contribution in [1.82, 2.24) is 5.32 Å². The van der Waals surface area contributed by atoms with Gasteiger partial charge in [0.15, 0.2) is 5.11 Å². The summed E-state index contributed by atoms with van der Waals surface area (Å²) in [6.07, 6.45) is 0. The molecule has 0 saturated heterocycles. The SMILES string of the molecule is NC(=O)c1cccc(NC(=S)NC(=O)c2ccccc2Cl)c1. The molecule has 0 spiro atoms. The Bertz CT molecular complexity index is 749. The van der Waals surface area contributed by atoms with Gasteiger partial charge in [-0.3, -0.25) is 14.9 Å². The first-order valence-corrected chi connectivity index (χ1v) is 7.02. The van der Waals surface area contributed by atoms with E-state index in [0.717, 1.165) is 0 Å². The quantitative estimate of drug-likeness (QED) is 0.754. The number of carbonyl (C=O) groups excluding carboxylic acids is 2. The van der Waals surface area contributed by atoms with Gasteiger partial charge in [0.05, 0.1) is 10.6 Å². The molecule has 7 heteroatoms. The van der Waals surface area contributed by atoms with E-state index in [9.17, 15) is 9.59 Å². The predicted molar refractivity (Wildman–Crippen MR) is 90.1 cm³/mol. The number of halogens is 1. The van der Waals surface area contributed by atoms with Crippen molar-refractivity contribution in [2.45, 2.75) is 0 Å². The highest BCUT2D eigenvalue weighted by molar-refractivity contribution is 7.80. The fourth-order valence-electron chi connectivity index (χ4n) is 1.73. The fraction of sp³-hybridized carbons (Fsp3) is 0. The molecular formula is C15H12ClN3O2S. The van der Waals surface area contributed by atoms with Crippen LogP contribution in [0, 0.1) is 0 Å². The van der Waals surface area contributed by atoms with Crippen LogP contribution in [0.15, 0.2) is 48.5 Å². The smallest absolute Gasteiger partial charge is 0.258 e. The van der Waals surface area contributed by atoms with Crippen LogP contribution in [0.1, 0.15) is 20.7 Å². The van der Waals surface area contributed by atoms with Crippen LogP contribution >= 0.6 is 23.8 Å². The van der Waals surface area contributed by atoms with Crippen LogP contribution < -0.4 is 16.4 Å². The molecule has 0 unspecified atom stereocenters. The number of nitrogens with two attached hydrogens (primary N) is 1. The van der Waals surface area contributed by atoms with Crippen LogP contribution in [0.5, 0.6) is 0 Å². The van der Waals surface area contributed by atoms with E-state index in [1.807, 2.05) is 0 Å². The van der Waals surface area contributed by atoms with Crippen LogP contribution in [0.2, 0.25) is 5.02 Å². The number of carbonyl (C=O) groups is 2. The summed E-state index contributed by atoms with van der Waals surface area (Å²) < 4.78 is 0. The summed E-state index contributed by atoms with van der Waals surface area (Å²) in [4.78, 5) is 23.2. The molecule has 112 valence electrons. The lowest BCUT2D eigenvalue weighted by atomic mass is 10.2. The molecule has 0 radical (unpaired) electrons. The average molecular weight is 334 g/mol. The number of benzene rings is 2. The maximum absolute atomic E-state index is 12.0. The molecule has 0 saturated carbocycles. The van der Waals surface area contributed by atoms with Crippen LogP contribution in [-0.2, 0) is 0 Å². The van der Waals surface area contributed by atoms with Gasteiger partial charge in [-0.1, -0.05) is 29.8 Å².